The van der Waals surface area contributed by atoms with Crippen LogP contribution in [0.3, 0.4) is 0 Å². The van der Waals surface area contributed by atoms with E-state index in [1.54, 1.807) is 6.08 Å². The minimum atomic E-state index is 0.370. The van der Waals surface area contributed by atoms with Gasteiger partial charge >= 0.3 is 66.7 Å². The van der Waals surface area contributed by atoms with E-state index in [0.717, 1.165) is 15.0 Å². The summed E-state index contributed by atoms with van der Waals surface area (Å²) in [6.07, 6.45) is 1.64. The van der Waals surface area contributed by atoms with Crippen LogP contribution >= 0.6 is 13.0 Å². The fraction of sp³-hybridized carbons (Fsp3) is 0.800. The van der Waals surface area contributed by atoms with Gasteiger partial charge in [-0.2, -0.15) is 3.89 Å². The van der Waals surface area contributed by atoms with Crippen molar-refractivity contribution in [1.82, 2.24) is 0 Å². The number of nitrogens with zero attached hydrogens (tertiary/aromatic N) is 1. The number of hydrogen-bond donors (Lipinski definition) is 1. The molecule has 2 atom stereocenters. The van der Waals surface area contributed by atoms with Crippen LogP contribution in [0.5, 0.6) is 0 Å². The van der Waals surface area contributed by atoms with Crippen LogP contribution in [0.15, 0.2) is 4.99 Å². The molecule has 2 nitrogen and oxygen atoms in total. The number of isocyanates is 1. The van der Waals surface area contributed by atoms with Crippen molar-refractivity contribution < 1.29 is 8.68 Å². The SMILES string of the molecule is CC1[Se]C[Se]C1N=C=O.FS. The van der Waals surface area contributed by atoms with Crippen molar-refractivity contribution in [2.75, 3.05) is 0 Å². The minimum absolute atomic E-state index is 0.370. The fourth-order valence-electron chi connectivity index (χ4n) is 0.628. The fourth-order valence-corrected chi connectivity index (χ4v) is 9.25. The van der Waals surface area contributed by atoms with Crippen molar-refractivity contribution in [3.63, 3.8) is 0 Å². The maximum Gasteiger partial charge on any atom is 0.0278 e. The van der Waals surface area contributed by atoms with Crippen LogP contribution in [-0.2, 0) is 4.79 Å². The summed E-state index contributed by atoms with van der Waals surface area (Å²) in [5.41, 5.74) is 0. The summed E-state index contributed by atoms with van der Waals surface area (Å²) in [6, 6.07) is 0. The third-order valence-corrected chi connectivity index (χ3v) is 9.00. The summed E-state index contributed by atoms with van der Waals surface area (Å²) in [6.45, 7) is 2.18. The molecule has 1 saturated heterocycles. The molecule has 0 N–H and O–H groups in total. The van der Waals surface area contributed by atoms with Gasteiger partial charge in [0, 0.05) is 13.0 Å². The number of thiol groups is 1. The van der Waals surface area contributed by atoms with Gasteiger partial charge < -0.3 is 0 Å². The molecule has 0 bridgehead atoms. The van der Waals surface area contributed by atoms with E-state index in [-0.39, 0.29) is 0 Å². The van der Waals surface area contributed by atoms with Crippen molar-refractivity contribution in [3.05, 3.63) is 0 Å². The topological polar surface area (TPSA) is 29.4 Å². The number of aliphatic imine (C=N–C) groups is 1. The van der Waals surface area contributed by atoms with Gasteiger partial charge in [-0.25, -0.2) is 0 Å². The summed E-state index contributed by atoms with van der Waals surface area (Å²) in [4.78, 5) is 14.6. The van der Waals surface area contributed by atoms with Crippen LogP contribution in [0.4, 0.5) is 3.89 Å². The Morgan fingerprint density at radius 2 is 2.27 bits per heavy atom. The molecule has 1 aliphatic rings. The summed E-state index contributed by atoms with van der Waals surface area (Å²) in [5.74, 6) is 0. The second-order valence-corrected chi connectivity index (χ2v) is 8.80. The number of rotatable bonds is 1. The Balaban J connectivity index is 0.000000461. The predicted molar refractivity (Wildman–Crippen MR) is 47.7 cm³/mol. The average molecular weight is 307 g/mol. The van der Waals surface area contributed by atoms with E-state index in [9.17, 15) is 8.68 Å². The third kappa shape index (κ3) is 4.31. The van der Waals surface area contributed by atoms with Gasteiger partial charge in [0.05, 0.1) is 0 Å². The van der Waals surface area contributed by atoms with Crippen LogP contribution in [0, 0.1) is 0 Å². The Morgan fingerprint density at radius 1 is 1.64 bits per heavy atom. The van der Waals surface area contributed by atoms with E-state index in [4.69, 9.17) is 0 Å². The molecule has 0 aromatic rings. The second-order valence-electron chi connectivity index (χ2n) is 1.77. The van der Waals surface area contributed by atoms with E-state index in [2.05, 4.69) is 11.9 Å². The first-order valence-electron chi connectivity index (χ1n) is 2.81. The zero-order valence-corrected chi connectivity index (χ0v) is 10.2. The standard InChI is InChI=1S/C5H7NOSe2.FHS/c1-4-5(6-2-7)9-3-8-4;1-2/h4-5H,3H2,1H3;2H. The maximum atomic E-state index is 9.83. The van der Waals surface area contributed by atoms with Crippen molar-refractivity contribution in [2.24, 2.45) is 4.99 Å². The van der Waals surface area contributed by atoms with Crippen molar-refractivity contribution in [2.45, 2.75) is 20.9 Å². The zero-order valence-electron chi connectivity index (χ0n) is 5.86. The van der Waals surface area contributed by atoms with Gasteiger partial charge in [-0.1, -0.05) is 0 Å². The van der Waals surface area contributed by atoms with Crippen LogP contribution in [-0.4, -0.2) is 40.9 Å². The zero-order chi connectivity index (χ0) is 8.69. The smallest absolute Gasteiger partial charge is 0.0278 e. The number of carbonyl (C=O) groups excluding carboxylic acids is 1. The van der Waals surface area contributed by atoms with Gasteiger partial charge in [-0.05, 0) is 0 Å². The van der Waals surface area contributed by atoms with Gasteiger partial charge in [0.15, 0.2) is 0 Å². The average Bonchev–Trinajstić information content (AvgIpc) is 2.42. The molecule has 0 spiro atoms. The predicted octanol–water partition coefficient (Wildman–Crippen LogP) is 1.06. The summed E-state index contributed by atoms with van der Waals surface area (Å²) in [5, 5.41) is 0. The van der Waals surface area contributed by atoms with Gasteiger partial charge in [0.25, 0.3) is 0 Å². The Labute approximate surface area is 83.4 Å². The van der Waals surface area contributed by atoms with Crippen molar-refractivity contribution in [3.8, 4) is 0 Å². The van der Waals surface area contributed by atoms with Crippen molar-refractivity contribution in [1.29, 1.82) is 0 Å². The first-order valence-corrected chi connectivity index (χ1v) is 7.55. The van der Waals surface area contributed by atoms with Crippen molar-refractivity contribution >= 4 is 49.0 Å². The van der Waals surface area contributed by atoms with E-state index in [1.165, 1.54) is 4.22 Å². The molecular formula is C5H8FNOSSe2. The first-order chi connectivity index (χ1) is 5.34. The largest absolute Gasteiger partial charge is 0.169 e. The maximum absolute atomic E-state index is 9.83. The molecule has 1 heterocycles. The monoisotopic (exact) mass is 309 g/mol. The quantitative estimate of drug-likeness (QED) is 0.334. The van der Waals surface area contributed by atoms with E-state index >= 15 is 0 Å². The Bertz CT molecular complexity index is 153. The Morgan fingerprint density at radius 3 is 2.64 bits per heavy atom. The molecule has 6 heteroatoms. The van der Waals surface area contributed by atoms with Gasteiger partial charge in [-0.15, -0.1) is 0 Å². The van der Waals surface area contributed by atoms with Crippen LogP contribution < -0.4 is 0 Å². The van der Waals surface area contributed by atoms with Gasteiger partial charge in [-0.3, -0.25) is 0 Å². The molecular weight excluding hydrogens is 299 g/mol. The van der Waals surface area contributed by atoms with E-state index in [1.807, 2.05) is 13.0 Å². The molecule has 0 radical (unpaired) electrons. The minimum Gasteiger partial charge on any atom is -0.169 e. The molecule has 1 rings (SSSR count). The van der Waals surface area contributed by atoms with Gasteiger partial charge in [0.1, 0.15) is 0 Å². The molecule has 0 aliphatic carbocycles. The molecule has 0 amide bonds. The number of hydrogen-bond acceptors (Lipinski definition) is 3. The molecule has 1 aliphatic heterocycles. The molecule has 64 valence electrons. The normalized spacial score (nSPS) is 28.3. The first kappa shape index (κ1) is 11.7. The van der Waals surface area contributed by atoms with Crippen LogP contribution in [0.1, 0.15) is 6.92 Å². The van der Waals surface area contributed by atoms with E-state index < -0.39 is 0 Å². The summed E-state index contributed by atoms with van der Waals surface area (Å²) < 4.78 is 10.5. The number of halogens is 1. The molecule has 2 unspecified atom stereocenters. The van der Waals surface area contributed by atoms with Gasteiger partial charge in [0.2, 0.25) is 0 Å². The Kier molecular flexibility index (Phi) is 7.82. The van der Waals surface area contributed by atoms with Crippen LogP contribution in [0.25, 0.3) is 0 Å². The molecule has 0 aromatic carbocycles. The summed E-state index contributed by atoms with van der Waals surface area (Å²) in [7, 11) is 0. The molecule has 0 saturated carbocycles. The Hall–Kier alpha value is 0.699. The molecule has 11 heavy (non-hydrogen) atoms. The van der Waals surface area contributed by atoms with Crippen LogP contribution in [0.2, 0.25) is 9.03 Å². The van der Waals surface area contributed by atoms with E-state index in [0.29, 0.717) is 24.7 Å². The molecule has 0 aromatic heterocycles. The second kappa shape index (κ2) is 7.35. The summed E-state index contributed by atoms with van der Waals surface area (Å²) >= 11 is 3.39. The third-order valence-electron chi connectivity index (χ3n) is 1.15. The molecule has 1 fully saturated rings.